The molecule has 1 fully saturated rings. The Hall–Kier alpha value is 0.250. The summed E-state index contributed by atoms with van der Waals surface area (Å²) in [6.07, 6.45) is 7.68. The molecule has 0 aromatic heterocycles. The lowest BCUT2D eigenvalue weighted by molar-refractivity contribution is -0.0153. The highest BCUT2D eigenvalue weighted by Crippen LogP contribution is 2.32. The molecule has 0 aromatic rings. The lowest BCUT2D eigenvalue weighted by Crippen LogP contribution is -2.30. The van der Waals surface area contributed by atoms with E-state index in [1.807, 2.05) is 0 Å². The molecule has 2 heteroatoms. The first-order chi connectivity index (χ1) is 6.77. The number of hydrogen-bond donors (Lipinski definition) is 0. The quantitative estimate of drug-likeness (QED) is 0.497. The van der Waals surface area contributed by atoms with Crippen LogP contribution in [0.25, 0.3) is 0 Å². The smallest absolute Gasteiger partial charge is 0.134 e. The van der Waals surface area contributed by atoms with Crippen molar-refractivity contribution in [3.05, 3.63) is 0 Å². The average molecular weight is 219 g/mol. The van der Waals surface area contributed by atoms with Crippen molar-refractivity contribution >= 4 is 11.6 Å². The number of rotatable bonds is 5. The Kier molecular flexibility index (Phi) is 5.88. The van der Waals surface area contributed by atoms with Gasteiger partial charge in [-0.15, -0.1) is 0 Å². The molecule has 1 aliphatic heterocycles. The molecule has 14 heavy (non-hydrogen) atoms. The van der Waals surface area contributed by atoms with E-state index >= 15 is 0 Å². The van der Waals surface area contributed by atoms with Gasteiger partial charge in [0.05, 0.1) is 6.61 Å². The monoisotopic (exact) mass is 218 g/mol. The summed E-state index contributed by atoms with van der Waals surface area (Å²) in [6.45, 7) is 5.35. The van der Waals surface area contributed by atoms with Gasteiger partial charge < -0.3 is 4.74 Å². The van der Waals surface area contributed by atoms with Crippen LogP contribution in [0.1, 0.15) is 52.4 Å². The van der Waals surface area contributed by atoms with Crippen LogP contribution in [-0.4, -0.2) is 12.2 Å². The van der Waals surface area contributed by atoms with Crippen molar-refractivity contribution in [3.8, 4) is 0 Å². The van der Waals surface area contributed by atoms with E-state index in [-0.39, 0.29) is 5.56 Å². The lowest BCUT2D eigenvalue weighted by Gasteiger charge is -2.32. The molecule has 0 bridgehead atoms. The summed E-state index contributed by atoms with van der Waals surface area (Å²) >= 11 is 6.16. The zero-order chi connectivity index (χ0) is 10.4. The summed E-state index contributed by atoms with van der Waals surface area (Å²) in [4.78, 5) is 0. The number of ether oxygens (including phenoxy) is 1. The minimum Gasteiger partial charge on any atom is -0.362 e. The van der Waals surface area contributed by atoms with Crippen molar-refractivity contribution in [1.82, 2.24) is 0 Å². The zero-order valence-electron chi connectivity index (χ0n) is 9.47. The Labute approximate surface area is 93.2 Å². The molecule has 0 aliphatic carbocycles. The summed E-state index contributed by atoms with van der Waals surface area (Å²) < 4.78 is 5.59. The molecule has 0 spiro atoms. The van der Waals surface area contributed by atoms with Crippen LogP contribution in [0.15, 0.2) is 0 Å². The lowest BCUT2D eigenvalue weighted by atomic mass is 9.88. The van der Waals surface area contributed by atoms with Gasteiger partial charge in [-0.05, 0) is 24.7 Å². The maximum Gasteiger partial charge on any atom is 0.134 e. The molecular formula is C12H23ClO. The number of unbranched alkanes of at least 4 members (excludes halogenated alkanes) is 2. The van der Waals surface area contributed by atoms with E-state index in [0.717, 1.165) is 12.5 Å². The van der Waals surface area contributed by atoms with Crippen LogP contribution in [0.2, 0.25) is 0 Å². The van der Waals surface area contributed by atoms with Crippen molar-refractivity contribution in [1.29, 1.82) is 0 Å². The third-order valence-corrected chi connectivity index (χ3v) is 3.74. The molecule has 1 heterocycles. The first kappa shape index (κ1) is 12.3. The van der Waals surface area contributed by atoms with E-state index in [1.54, 1.807) is 0 Å². The Morgan fingerprint density at radius 2 is 2.07 bits per heavy atom. The predicted octanol–water partition coefficient (Wildman–Crippen LogP) is 4.19. The molecule has 1 nitrogen and oxygen atoms in total. The average Bonchev–Trinajstić information content (AvgIpc) is 2.21. The first-order valence-electron chi connectivity index (χ1n) is 6.03. The normalized spacial score (nSPS) is 33.2. The van der Waals surface area contributed by atoms with Crippen LogP contribution >= 0.6 is 11.6 Å². The molecule has 0 amide bonds. The zero-order valence-corrected chi connectivity index (χ0v) is 10.2. The Morgan fingerprint density at radius 1 is 1.29 bits per heavy atom. The second-order valence-corrected chi connectivity index (χ2v) is 4.88. The highest BCUT2D eigenvalue weighted by molar-refractivity contribution is 6.19. The van der Waals surface area contributed by atoms with Crippen LogP contribution in [0.4, 0.5) is 0 Å². The molecule has 0 aromatic carbocycles. The van der Waals surface area contributed by atoms with Crippen LogP contribution in [-0.2, 0) is 4.74 Å². The van der Waals surface area contributed by atoms with Gasteiger partial charge in [0.2, 0.25) is 0 Å². The van der Waals surface area contributed by atoms with Gasteiger partial charge in [-0.3, -0.25) is 0 Å². The molecule has 3 unspecified atom stereocenters. The Balaban J connectivity index is 2.25. The number of alkyl halides is 1. The van der Waals surface area contributed by atoms with Crippen LogP contribution in [0, 0.1) is 11.8 Å². The van der Waals surface area contributed by atoms with Crippen molar-refractivity contribution < 1.29 is 4.74 Å². The third-order valence-electron chi connectivity index (χ3n) is 3.25. The maximum absolute atomic E-state index is 6.16. The minimum atomic E-state index is -0.0188. The van der Waals surface area contributed by atoms with Crippen LogP contribution in [0.5, 0.6) is 0 Å². The van der Waals surface area contributed by atoms with Crippen LogP contribution in [0.3, 0.4) is 0 Å². The van der Waals surface area contributed by atoms with E-state index in [9.17, 15) is 0 Å². The summed E-state index contributed by atoms with van der Waals surface area (Å²) in [5, 5.41) is 0. The molecule has 1 aliphatic rings. The van der Waals surface area contributed by atoms with Crippen molar-refractivity contribution in [2.45, 2.75) is 57.9 Å². The fourth-order valence-corrected chi connectivity index (χ4v) is 2.46. The summed E-state index contributed by atoms with van der Waals surface area (Å²) in [5.41, 5.74) is -0.0188. The Morgan fingerprint density at radius 3 is 2.71 bits per heavy atom. The molecule has 1 saturated heterocycles. The minimum absolute atomic E-state index is 0.0188. The molecule has 0 radical (unpaired) electrons. The molecule has 3 atom stereocenters. The molecule has 0 saturated carbocycles. The second kappa shape index (κ2) is 6.68. The second-order valence-electron chi connectivity index (χ2n) is 4.45. The van der Waals surface area contributed by atoms with Gasteiger partial charge in [-0.1, -0.05) is 51.1 Å². The van der Waals surface area contributed by atoms with E-state index < -0.39 is 0 Å². The van der Waals surface area contributed by atoms with Crippen LogP contribution < -0.4 is 0 Å². The van der Waals surface area contributed by atoms with Gasteiger partial charge in [-0.2, -0.15) is 0 Å². The van der Waals surface area contributed by atoms with Crippen molar-refractivity contribution in [3.63, 3.8) is 0 Å². The molecular weight excluding hydrogens is 196 g/mol. The third kappa shape index (κ3) is 3.78. The van der Waals surface area contributed by atoms with E-state index in [0.29, 0.717) is 5.92 Å². The Bertz CT molecular complexity index is 149. The molecule has 84 valence electrons. The highest BCUT2D eigenvalue weighted by Gasteiger charge is 2.28. The fraction of sp³-hybridized carbons (Fsp3) is 1.00. The van der Waals surface area contributed by atoms with Gasteiger partial charge in [0.15, 0.2) is 0 Å². The van der Waals surface area contributed by atoms with Gasteiger partial charge in [0.1, 0.15) is 5.56 Å². The largest absolute Gasteiger partial charge is 0.362 e. The van der Waals surface area contributed by atoms with E-state index in [2.05, 4.69) is 13.8 Å². The molecule has 0 N–H and O–H groups in total. The number of hydrogen-bond acceptors (Lipinski definition) is 1. The van der Waals surface area contributed by atoms with E-state index in [4.69, 9.17) is 16.3 Å². The fourth-order valence-electron chi connectivity index (χ4n) is 2.16. The predicted molar refractivity (Wildman–Crippen MR) is 61.6 cm³/mol. The number of halogens is 1. The maximum atomic E-state index is 6.16. The first-order valence-corrected chi connectivity index (χ1v) is 6.47. The standard InChI is InChI=1S/C12H23ClO/c1-3-5-6-7-11-8-10(4-2)9-14-12(11)13/h10-12H,3-9H2,1-2H3. The summed E-state index contributed by atoms with van der Waals surface area (Å²) in [5.74, 6) is 1.35. The van der Waals surface area contributed by atoms with Gasteiger partial charge in [0, 0.05) is 0 Å². The van der Waals surface area contributed by atoms with Gasteiger partial charge >= 0.3 is 0 Å². The molecule has 1 rings (SSSR count). The van der Waals surface area contributed by atoms with Crippen molar-refractivity contribution in [2.75, 3.05) is 6.61 Å². The van der Waals surface area contributed by atoms with Gasteiger partial charge in [-0.25, -0.2) is 0 Å². The topological polar surface area (TPSA) is 9.23 Å². The summed E-state index contributed by atoms with van der Waals surface area (Å²) in [6, 6.07) is 0. The SMILES string of the molecule is CCCCCC1CC(CC)COC1Cl. The highest BCUT2D eigenvalue weighted by atomic mass is 35.5. The van der Waals surface area contributed by atoms with E-state index in [1.165, 1.54) is 38.5 Å². The summed E-state index contributed by atoms with van der Waals surface area (Å²) in [7, 11) is 0. The van der Waals surface area contributed by atoms with Gasteiger partial charge in [0.25, 0.3) is 0 Å². The van der Waals surface area contributed by atoms with Crippen molar-refractivity contribution in [2.24, 2.45) is 11.8 Å².